The molecule has 5 rings (SSSR count). The Balaban J connectivity index is 0.00000245. The van der Waals surface area contributed by atoms with E-state index in [2.05, 4.69) is 42.3 Å². The third-order valence-corrected chi connectivity index (χ3v) is 7.81. The fourth-order valence-corrected chi connectivity index (χ4v) is 6.55. The number of benzene rings is 1. The number of amides is 1. The lowest BCUT2D eigenvalue weighted by Gasteiger charge is -2.22. The summed E-state index contributed by atoms with van der Waals surface area (Å²) < 4.78 is 3.05. The van der Waals surface area contributed by atoms with Gasteiger partial charge in [0, 0.05) is 35.3 Å². The van der Waals surface area contributed by atoms with Gasteiger partial charge < -0.3 is 10.2 Å². The number of nitrogens with zero attached hydrogens (tertiary/aromatic N) is 4. The van der Waals surface area contributed by atoms with E-state index in [1.807, 2.05) is 35.9 Å². The molecule has 0 bridgehead atoms. The molecule has 9 heteroatoms. The van der Waals surface area contributed by atoms with Crippen molar-refractivity contribution in [1.29, 1.82) is 0 Å². The second-order valence-electron chi connectivity index (χ2n) is 8.35. The second-order valence-corrected chi connectivity index (χ2v) is 10.5. The highest BCUT2D eigenvalue weighted by atomic mass is 35.5. The average Bonchev–Trinajstić information content (AvgIpc) is 3.41. The molecular weight excluding hydrogens is 462 g/mol. The fraction of sp³-hybridized carbons (Fsp3) is 0.348. The van der Waals surface area contributed by atoms with E-state index in [1.165, 1.54) is 10.4 Å². The molecule has 4 heterocycles. The van der Waals surface area contributed by atoms with Gasteiger partial charge in [-0.2, -0.15) is 5.10 Å². The zero-order valence-corrected chi connectivity index (χ0v) is 21.0. The van der Waals surface area contributed by atoms with Gasteiger partial charge in [-0.05, 0) is 58.0 Å². The number of hydrogen-bond donors (Lipinski definition) is 1. The van der Waals surface area contributed by atoms with Crippen molar-refractivity contribution in [2.24, 2.45) is 0 Å². The maximum atomic E-state index is 13.1. The highest BCUT2D eigenvalue weighted by Crippen LogP contribution is 2.45. The number of carbonyl (C=O) groups excluding carboxylic acids is 1. The number of rotatable bonds is 4. The lowest BCUT2D eigenvalue weighted by molar-refractivity contribution is 0.102. The summed E-state index contributed by atoms with van der Waals surface area (Å²) in [6, 6.07) is 10.3. The molecule has 0 atom stereocenters. The molecule has 1 amide bonds. The number of aryl methyl sites for hydroxylation is 1. The van der Waals surface area contributed by atoms with E-state index in [-0.39, 0.29) is 24.4 Å². The van der Waals surface area contributed by atoms with Gasteiger partial charge in [0.15, 0.2) is 5.69 Å². The van der Waals surface area contributed by atoms with E-state index in [1.54, 1.807) is 22.7 Å². The molecule has 3 aromatic heterocycles. The molecule has 32 heavy (non-hydrogen) atoms. The van der Waals surface area contributed by atoms with Crippen LogP contribution in [-0.2, 0) is 13.0 Å². The maximum absolute atomic E-state index is 13.1. The molecule has 0 saturated heterocycles. The van der Waals surface area contributed by atoms with Crippen molar-refractivity contribution in [2.75, 3.05) is 18.9 Å². The number of fused-ring (bicyclic) bond motifs is 2. The van der Waals surface area contributed by atoms with E-state index >= 15 is 0 Å². The average molecular weight is 488 g/mol. The Bertz CT molecular complexity index is 1260. The summed E-state index contributed by atoms with van der Waals surface area (Å²) in [4.78, 5) is 21.7. The third-order valence-electron chi connectivity index (χ3n) is 5.63. The maximum Gasteiger partial charge on any atom is 0.276 e. The minimum atomic E-state index is -0.170. The molecule has 168 valence electrons. The van der Waals surface area contributed by atoms with E-state index in [0.29, 0.717) is 5.69 Å². The van der Waals surface area contributed by atoms with E-state index in [0.717, 1.165) is 51.0 Å². The second kappa shape index (κ2) is 8.94. The van der Waals surface area contributed by atoms with Crippen LogP contribution in [-0.4, -0.2) is 39.2 Å². The molecular formula is C23H26ClN5OS2. The summed E-state index contributed by atoms with van der Waals surface area (Å²) in [5, 5.41) is 9.55. The van der Waals surface area contributed by atoms with Crippen LogP contribution < -0.4 is 5.32 Å². The van der Waals surface area contributed by atoms with Gasteiger partial charge in [0.25, 0.3) is 5.91 Å². The van der Waals surface area contributed by atoms with Gasteiger partial charge in [0.05, 0.1) is 10.2 Å². The van der Waals surface area contributed by atoms with Gasteiger partial charge in [-0.15, -0.1) is 35.1 Å². The van der Waals surface area contributed by atoms with Crippen LogP contribution in [0, 0.1) is 6.92 Å². The minimum Gasteiger partial charge on any atom is -0.312 e. The van der Waals surface area contributed by atoms with Crippen molar-refractivity contribution < 1.29 is 4.79 Å². The summed E-state index contributed by atoms with van der Waals surface area (Å²) in [6.07, 6.45) is 0.963. The van der Waals surface area contributed by atoms with Crippen molar-refractivity contribution in [3.63, 3.8) is 0 Å². The Morgan fingerprint density at radius 2 is 2.00 bits per heavy atom. The van der Waals surface area contributed by atoms with Crippen molar-refractivity contribution in [3.8, 4) is 10.6 Å². The third kappa shape index (κ3) is 4.08. The molecule has 1 aliphatic heterocycles. The van der Waals surface area contributed by atoms with Crippen molar-refractivity contribution in [3.05, 3.63) is 52.2 Å². The number of thiazole rings is 1. The molecule has 4 aromatic rings. The van der Waals surface area contributed by atoms with Crippen LogP contribution >= 0.6 is 35.1 Å². The number of likely N-dealkylation sites (N-methyl/N-ethyl adjacent to an activating group) is 1. The molecule has 0 fully saturated rings. The number of anilines is 1. The lowest BCUT2D eigenvalue weighted by Crippen LogP contribution is -2.25. The molecule has 0 saturated carbocycles. The van der Waals surface area contributed by atoms with Crippen LogP contribution in [0.2, 0.25) is 0 Å². The topological polar surface area (TPSA) is 63.1 Å². The quantitative estimate of drug-likeness (QED) is 0.396. The summed E-state index contributed by atoms with van der Waals surface area (Å²) >= 11 is 3.36. The van der Waals surface area contributed by atoms with E-state index < -0.39 is 0 Å². The number of nitrogens with one attached hydrogen (secondary N) is 1. The number of aromatic nitrogens is 3. The summed E-state index contributed by atoms with van der Waals surface area (Å²) in [7, 11) is 2.14. The molecule has 0 radical (unpaired) electrons. The van der Waals surface area contributed by atoms with Gasteiger partial charge in [0.1, 0.15) is 10.0 Å². The molecule has 1 N–H and O–H groups in total. The van der Waals surface area contributed by atoms with Crippen LogP contribution in [0.4, 0.5) is 5.00 Å². The van der Waals surface area contributed by atoms with Crippen LogP contribution in [0.15, 0.2) is 30.3 Å². The SMILES string of the molecule is Cc1cc(C(=O)Nc2sc3c(c2-c2nc4ccccc4s2)CCN(C)C3)nn1C(C)C.Cl. The largest absolute Gasteiger partial charge is 0.312 e. The van der Waals surface area contributed by atoms with Gasteiger partial charge >= 0.3 is 0 Å². The van der Waals surface area contributed by atoms with E-state index in [4.69, 9.17) is 4.98 Å². The van der Waals surface area contributed by atoms with Crippen molar-refractivity contribution in [1.82, 2.24) is 19.7 Å². The first-order chi connectivity index (χ1) is 14.9. The van der Waals surface area contributed by atoms with Crippen LogP contribution in [0.25, 0.3) is 20.8 Å². The monoisotopic (exact) mass is 487 g/mol. The van der Waals surface area contributed by atoms with Gasteiger partial charge in [0.2, 0.25) is 0 Å². The van der Waals surface area contributed by atoms with Gasteiger partial charge in [-0.3, -0.25) is 9.48 Å². The fourth-order valence-electron chi connectivity index (χ4n) is 4.11. The Morgan fingerprint density at radius 3 is 2.72 bits per heavy atom. The zero-order chi connectivity index (χ0) is 21.7. The first-order valence-corrected chi connectivity index (χ1v) is 12.1. The Morgan fingerprint density at radius 1 is 1.22 bits per heavy atom. The Hall–Kier alpha value is -2.26. The Labute approximate surface area is 201 Å². The minimum absolute atomic E-state index is 0. The highest BCUT2D eigenvalue weighted by Gasteiger charge is 2.27. The number of para-hydroxylation sites is 1. The van der Waals surface area contributed by atoms with Crippen LogP contribution in [0.5, 0.6) is 0 Å². The predicted molar refractivity (Wildman–Crippen MR) is 136 cm³/mol. The van der Waals surface area contributed by atoms with E-state index in [9.17, 15) is 4.79 Å². The summed E-state index contributed by atoms with van der Waals surface area (Å²) in [5.74, 6) is -0.170. The van der Waals surface area contributed by atoms with Crippen LogP contribution in [0.3, 0.4) is 0 Å². The predicted octanol–water partition coefficient (Wildman–Crippen LogP) is 5.77. The van der Waals surface area contributed by atoms with Crippen molar-refractivity contribution in [2.45, 2.75) is 39.8 Å². The summed E-state index contributed by atoms with van der Waals surface area (Å²) in [6.45, 7) is 8.02. The number of halogens is 1. The molecule has 6 nitrogen and oxygen atoms in total. The highest BCUT2D eigenvalue weighted by molar-refractivity contribution is 7.23. The normalized spacial score (nSPS) is 13.9. The van der Waals surface area contributed by atoms with Crippen molar-refractivity contribution >= 4 is 56.2 Å². The van der Waals surface area contributed by atoms with Gasteiger partial charge in [-0.1, -0.05) is 12.1 Å². The zero-order valence-electron chi connectivity index (χ0n) is 18.5. The number of thiophene rings is 1. The number of hydrogen-bond acceptors (Lipinski definition) is 6. The smallest absolute Gasteiger partial charge is 0.276 e. The lowest BCUT2D eigenvalue weighted by atomic mass is 10.0. The molecule has 0 unspecified atom stereocenters. The Kier molecular flexibility index (Phi) is 6.40. The first kappa shape index (κ1) is 22.9. The summed E-state index contributed by atoms with van der Waals surface area (Å²) in [5.41, 5.74) is 4.84. The molecule has 0 aliphatic carbocycles. The molecule has 1 aliphatic rings. The molecule has 0 spiro atoms. The van der Waals surface area contributed by atoms with Gasteiger partial charge in [-0.25, -0.2) is 4.98 Å². The standard InChI is InChI=1S/C23H25N5OS2.ClH/c1-13(2)28-14(3)11-17(26-28)21(29)25-23-20(15-9-10-27(4)12-19(15)31-23)22-24-16-7-5-6-8-18(16)30-22;/h5-8,11,13H,9-10,12H2,1-4H3,(H,25,29);1H. The van der Waals surface area contributed by atoms with Crippen LogP contribution in [0.1, 0.15) is 46.5 Å². The first-order valence-electron chi connectivity index (χ1n) is 10.5. The number of carbonyl (C=O) groups is 1. The molecule has 1 aromatic carbocycles.